The van der Waals surface area contributed by atoms with Gasteiger partial charge in [-0.05, 0) is 36.4 Å². The molecule has 0 saturated carbocycles. The van der Waals surface area contributed by atoms with Crippen LogP contribution in [-0.2, 0) is 14.9 Å². The summed E-state index contributed by atoms with van der Waals surface area (Å²) in [5.41, 5.74) is -1.97. The third-order valence-electron chi connectivity index (χ3n) is 3.67. The molecule has 164 valence electrons. The zero-order chi connectivity index (χ0) is 23.3. The Morgan fingerprint density at radius 2 is 1.45 bits per heavy atom. The molecule has 2 rings (SSSR count). The maximum Gasteiger partial charge on any atom is 0.346 e. The van der Waals surface area contributed by atoms with E-state index < -0.39 is 56.6 Å². The first-order valence-corrected chi connectivity index (χ1v) is 9.61. The molecule has 0 aliphatic carbocycles. The van der Waals surface area contributed by atoms with Gasteiger partial charge in [-0.2, -0.15) is 8.42 Å². The van der Waals surface area contributed by atoms with E-state index in [1.54, 1.807) is 0 Å². The number of aliphatic hydroxyl groups excluding tert-OH is 1. The number of hydrogen-bond donors (Lipinski definition) is 4. The predicted molar refractivity (Wildman–Crippen MR) is 98.9 cm³/mol. The number of hydrogen-bond acceptors (Lipinski definition) is 9. The van der Waals surface area contributed by atoms with Crippen molar-refractivity contribution in [2.45, 2.75) is 4.90 Å². The largest absolute Gasteiger partial charge is 0.490 e. The highest BCUT2D eigenvalue weighted by Gasteiger charge is 2.22. The van der Waals surface area contributed by atoms with Gasteiger partial charge in [0.15, 0.2) is 0 Å². The van der Waals surface area contributed by atoms with Gasteiger partial charge in [0.25, 0.3) is 10.1 Å². The second-order valence-electron chi connectivity index (χ2n) is 5.79. The summed E-state index contributed by atoms with van der Waals surface area (Å²) in [6.07, 6.45) is 0. The second kappa shape index (κ2) is 9.34. The normalized spacial score (nSPS) is 10.9. The van der Waals surface area contributed by atoms with Crippen LogP contribution >= 0.6 is 0 Å². The molecule has 0 heterocycles. The van der Waals surface area contributed by atoms with Gasteiger partial charge >= 0.3 is 23.9 Å². The molecule has 0 aromatic heterocycles. The fourth-order valence-electron chi connectivity index (χ4n) is 2.29. The highest BCUT2D eigenvalue weighted by Crippen LogP contribution is 2.22. The Bertz CT molecular complexity index is 1170. The van der Waals surface area contributed by atoms with Crippen molar-refractivity contribution in [1.82, 2.24) is 0 Å². The fourth-order valence-corrected chi connectivity index (χ4v) is 2.84. The summed E-state index contributed by atoms with van der Waals surface area (Å²) in [6.45, 7) is -0.722. The molecule has 0 amide bonds. The smallest absolute Gasteiger partial charge is 0.346 e. The number of carbonyl (C=O) groups is 4. The third-order valence-corrected chi connectivity index (χ3v) is 4.50. The summed E-state index contributed by atoms with van der Waals surface area (Å²) in [4.78, 5) is 45.9. The van der Waals surface area contributed by atoms with Crippen LogP contribution in [0.3, 0.4) is 0 Å². The molecule has 0 aliphatic heterocycles. The van der Waals surface area contributed by atoms with Crippen molar-refractivity contribution in [2.75, 3.05) is 13.2 Å². The van der Waals surface area contributed by atoms with Gasteiger partial charge in [-0.1, -0.05) is 0 Å². The molecule has 2 aromatic carbocycles. The second-order valence-corrected chi connectivity index (χ2v) is 7.21. The highest BCUT2D eigenvalue weighted by atomic mass is 32.2. The lowest BCUT2D eigenvalue weighted by Crippen LogP contribution is -2.15. The molecule has 4 N–H and O–H groups in total. The van der Waals surface area contributed by atoms with Gasteiger partial charge in [0.05, 0.1) is 28.2 Å². The van der Waals surface area contributed by atoms with Crippen molar-refractivity contribution in [2.24, 2.45) is 0 Å². The first-order chi connectivity index (χ1) is 14.4. The first-order valence-electron chi connectivity index (χ1n) is 8.17. The predicted octanol–water partition coefficient (Wildman–Crippen LogP) is 0.698. The van der Waals surface area contributed by atoms with E-state index >= 15 is 0 Å². The van der Waals surface area contributed by atoms with Crippen LogP contribution in [0.4, 0.5) is 0 Å². The van der Waals surface area contributed by atoms with Crippen LogP contribution in [0.2, 0.25) is 0 Å². The molecule has 0 fully saturated rings. The van der Waals surface area contributed by atoms with Crippen LogP contribution in [0, 0.1) is 0 Å². The van der Waals surface area contributed by atoms with Crippen LogP contribution in [-0.4, -0.2) is 65.4 Å². The van der Waals surface area contributed by atoms with E-state index in [2.05, 4.69) is 4.74 Å². The summed E-state index contributed by atoms with van der Waals surface area (Å²) < 4.78 is 41.3. The van der Waals surface area contributed by atoms with Crippen molar-refractivity contribution < 1.29 is 56.9 Å². The SMILES string of the molecule is O=C(O)c1cc(C(=O)OC(=O)c2ccc(C(=O)O)c(OCCO)c2)cc(S(=O)(=O)O)c1. The lowest BCUT2D eigenvalue weighted by atomic mass is 10.1. The number of esters is 2. The minimum atomic E-state index is -4.87. The Balaban J connectivity index is 2.36. The van der Waals surface area contributed by atoms with Crippen LogP contribution in [0.15, 0.2) is 41.3 Å². The zero-order valence-electron chi connectivity index (χ0n) is 15.3. The van der Waals surface area contributed by atoms with Crippen molar-refractivity contribution >= 4 is 34.0 Å². The molecule has 0 saturated heterocycles. The number of carboxylic acid groups (broad SMARTS) is 2. The van der Waals surface area contributed by atoms with E-state index in [1.165, 1.54) is 0 Å². The van der Waals surface area contributed by atoms with Gasteiger partial charge < -0.3 is 24.8 Å². The quantitative estimate of drug-likeness (QED) is 0.247. The molecule has 0 spiro atoms. The maximum atomic E-state index is 12.3. The Morgan fingerprint density at radius 1 is 0.839 bits per heavy atom. The van der Waals surface area contributed by atoms with Crippen LogP contribution in [0.25, 0.3) is 0 Å². The summed E-state index contributed by atoms with van der Waals surface area (Å²) >= 11 is 0. The van der Waals surface area contributed by atoms with Gasteiger partial charge in [-0.25, -0.2) is 19.2 Å². The zero-order valence-corrected chi connectivity index (χ0v) is 16.2. The van der Waals surface area contributed by atoms with Crippen molar-refractivity contribution in [1.29, 1.82) is 0 Å². The van der Waals surface area contributed by atoms with Gasteiger partial charge in [0, 0.05) is 0 Å². The number of benzene rings is 2. The molecule has 13 heteroatoms. The Hall–Kier alpha value is -3.81. The molecular formula is C18H14O12S. The summed E-state index contributed by atoms with van der Waals surface area (Å²) in [5, 5.41) is 27.0. The number of carboxylic acids is 2. The van der Waals surface area contributed by atoms with Crippen molar-refractivity contribution in [3.8, 4) is 5.75 Å². The average Bonchev–Trinajstić information content (AvgIpc) is 2.70. The van der Waals surface area contributed by atoms with Gasteiger partial charge in [-0.15, -0.1) is 0 Å². The number of aromatic carboxylic acids is 2. The van der Waals surface area contributed by atoms with Crippen LogP contribution in [0.5, 0.6) is 5.75 Å². The molecule has 0 atom stereocenters. The van der Waals surface area contributed by atoms with E-state index in [0.29, 0.717) is 12.1 Å². The maximum absolute atomic E-state index is 12.3. The molecule has 0 aliphatic rings. The summed E-state index contributed by atoms with van der Waals surface area (Å²) in [5.74, 6) is -6.00. The summed E-state index contributed by atoms with van der Waals surface area (Å²) in [6, 6.07) is 4.91. The van der Waals surface area contributed by atoms with E-state index in [-0.39, 0.29) is 23.5 Å². The monoisotopic (exact) mass is 454 g/mol. The van der Waals surface area contributed by atoms with E-state index in [4.69, 9.17) is 24.6 Å². The molecular weight excluding hydrogens is 440 g/mol. The lowest BCUT2D eigenvalue weighted by molar-refractivity contribution is 0.0396. The summed E-state index contributed by atoms with van der Waals surface area (Å²) in [7, 11) is -4.87. The first kappa shape index (κ1) is 23.5. The van der Waals surface area contributed by atoms with E-state index in [0.717, 1.165) is 24.3 Å². The fraction of sp³-hybridized carbons (Fsp3) is 0.111. The van der Waals surface area contributed by atoms with Gasteiger partial charge in [-0.3, -0.25) is 4.55 Å². The van der Waals surface area contributed by atoms with Gasteiger partial charge in [0.2, 0.25) is 0 Å². The average molecular weight is 454 g/mol. The number of rotatable bonds is 8. The van der Waals surface area contributed by atoms with E-state index in [9.17, 15) is 27.6 Å². The molecule has 0 bridgehead atoms. The van der Waals surface area contributed by atoms with E-state index in [1.807, 2.05) is 0 Å². The van der Waals surface area contributed by atoms with Crippen molar-refractivity contribution in [3.63, 3.8) is 0 Å². The van der Waals surface area contributed by atoms with Crippen LogP contribution < -0.4 is 4.74 Å². The molecule has 12 nitrogen and oxygen atoms in total. The molecule has 31 heavy (non-hydrogen) atoms. The van der Waals surface area contributed by atoms with Crippen molar-refractivity contribution in [3.05, 3.63) is 58.7 Å². The Morgan fingerprint density at radius 3 is 2.00 bits per heavy atom. The number of aliphatic hydroxyl groups is 1. The molecule has 0 unspecified atom stereocenters. The Kier molecular flexibility index (Phi) is 7.07. The minimum absolute atomic E-state index is 0.280. The number of ether oxygens (including phenoxy) is 2. The number of carbonyl (C=O) groups excluding carboxylic acids is 2. The van der Waals surface area contributed by atoms with Gasteiger partial charge in [0.1, 0.15) is 17.9 Å². The topological polar surface area (TPSA) is 202 Å². The highest BCUT2D eigenvalue weighted by molar-refractivity contribution is 7.85. The lowest BCUT2D eigenvalue weighted by Gasteiger charge is -2.10. The minimum Gasteiger partial charge on any atom is -0.490 e. The Labute approximate surface area is 174 Å². The molecule has 2 aromatic rings. The standard InChI is InChI=1S/C18H14O12S/c19-3-4-29-14-8-9(1-2-13(14)16(22)23)17(24)30-18(25)11-5-10(15(20)21)6-12(7-11)31(26,27)28/h1-2,5-8,19H,3-4H2,(H,20,21)(H,22,23)(H,26,27,28). The third kappa shape index (κ3) is 5.85. The van der Waals surface area contributed by atoms with Crippen LogP contribution in [0.1, 0.15) is 41.4 Å². The molecule has 0 radical (unpaired) electrons.